The van der Waals surface area contributed by atoms with E-state index in [1.54, 1.807) is 0 Å². The molecule has 2 unspecified atom stereocenters. The van der Waals surface area contributed by atoms with Crippen LogP contribution >= 0.6 is 0 Å². The Kier molecular flexibility index (Phi) is 6.01. The molecule has 0 aliphatic rings. The van der Waals surface area contributed by atoms with E-state index in [9.17, 15) is 31.5 Å². The summed E-state index contributed by atoms with van der Waals surface area (Å²) >= 11 is 0. The standard InChI is InChI=1S/C14H19F3N2O4S/c1-3-4-9-5-7-10(8-6-9)24(22,23)19-12(20)11(18)13(2,21)14(15,16)17/h5-8,11,21H,3-4,18H2,1-2H3,(H,19,20). The van der Waals surface area contributed by atoms with E-state index < -0.39 is 33.7 Å². The second kappa shape index (κ2) is 7.08. The molecule has 0 bridgehead atoms. The minimum atomic E-state index is -5.20. The zero-order valence-electron chi connectivity index (χ0n) is 13.1. The summed E-state index contributed by atoms with van der Waals surface area (Å²) in [4.78, 5) is 11.4. The number of nitrogens with one attached hydrogen (secondary N) is 1. The Hall–Kier alpha value is -1.65. The highest BCUT2D eigenvalue weighted by Gasteiger charge is 2.56. The number of aliphatic hydroxyl groups is 1. The molecule has 0 heterocycles. The van der Waals surface area contributed by atoms with Gasteiger partial charge in [0.15, 0.2) is 5.60 Å². The van der Waals surface area contributed by atoms with E-state index in [0.717, 1.165) is 18.4 Å². The third kappa shape index (κ3) is 4.46. The fourth-order valence-electron chi connectivity index (χ4n) is 1.81. The maximum absolute atomic E-state index is 12.7. The summed E-state index contributed by atoms with van der Waals surface area (Å²) in [5, 5.41) is 9.35. The number of amides is 1. The van der Waals surface area contributed by atoms with Gasteiger partial charge in [0, 0.05) is 0 Å². The van der Waals surface area contributed by atoms with Gasteiger partial charge in [-0.25, -0.2) is 13.1 Å². The summed E-state index contributed by atoms with van der Waals surface area (Å²) in [6, 6.07) is 3.02. The van der Waals surface area contributed by atoms with Gasteiger partial charge in [0.05, 0.1) is 4.90 Å². The molecule has 1 rings (SSSR count). The number of benzene rings is 1. The van der Waals surface area contributed by atoms with Crippen LogP contribution in [0, 0.1) is 0 Å². The first-order valence-corrected chi connectivity index (χ1v) is 8.51. The highest BCUT2D eigenvalue weighted by Crippen LogP contribution is 2.32. The summed E-state index contributed by atoms with van der Waals surface area (Å²) < 4.78 is 63.5. The van der Waals surface area contributed by atoms with Crippen LogP contribution in [0.5, 0.6) is 0 Å². The fraction of sp³-hybridized carbons (Fsp3) is 0.500. The van der Waals surface area contributed by atoms with Gasteiger partial charge in [-0.15, -0.1) is 0 Å². The molecule has 0 radical (unpaired) electrons. The second-order valence-electron chi connectivity index (χ2n) is 5.49. The van der Waals surface area contributed by atoms with E-state index >= 15 is 0 Å². The normalized spacial score (nSPS) is 16.3. The summed E-state index contributed by atoms with van der Waals surface area (Å²) in [6.07, 6.45) is -3.62. The second-order valence-corrected chi connectivity index (χ2v) is 7.17. The topological polar surface area (TPSA) is 109 Å². The minimum Gasteiger partial charge on any atom is -0.379 e. The molecule has 0 saturated heterocycles. The van der Waals surface area contributed by atoms with Crippen molar-refractivity contribution in [1.82, 2.24) is 4.72 Å². The number of nitrogens with two attached hydrogens (primary N) is 1. The van der Waals surface area contributed by atoms with Crippen LogP contribution in [-0.2, 0) is 21.2 Å². The molecule has 1 aromatic carbocycles. The number of sulfonamides is 1. The largest absolute Gasteiger partial charge is 0.418 e. The molecule has 136 valence electrons. The molecule has 0 saturated carbocycles. The van der Waals surface area contributed by atoms with Gasteiger partial charge in [0.1, 0.15) is 6.04 Å². The van der Waals surface area contributed by atoms with Crippen molar-refractivity contribution in [3.05, 3.63) is 29.8 Å². The van der Waals surface area contributed by atoms with Gasteiger partial charge in [0.2, 0.25) is 0 Å². The van der Waals surface area contributed by atoms with Crippen LogP contribution in [0.4, 0.5) is 13.2 Å². The third-order valence-corrected chi connectivity index (χ3v) is 4.83. The molecule has 24 heavy (non-hydrogen) atoms. The first-order valence-electron chi connectivity index (χ1n) is 7.03. The average molecular weight is 368 g/mol. The van der Waals surface area contributed by atoms with Crippen LogP contribution in [-0.4, -0.2) is 37.3 Å². The van der Waals surface area contributed by atoms with Gasteiger partial charge >= 0.3 is 6.18 Å². The van der Waals surface area contributed by atoms with Crippen molar-refractivity contribution in [2.24, 2.45) is 5.73 Å². The maximum Gasteiger partial charge on any atom is 0.418 e. The Morgan fingerprint density at radius 2 is 1.79 bits per heavy atom. The van der Waals surface area contributed by atoms with Gasteiger partial charge in [-0.3, -0.25) is 4.79 Å². The summed E-state index contributed by atoms with van der Waals surface area (Å²) in [5.41, 5.74) is 2.39. The predicted octanol–water partition coefficient (Wildman–Crippen LogP) is 1.08. The number of halogens is 3. The summed E-state index contributed by atoms with van der Waals surface area (Å²) in [7, 11) is -4.40. The average Bonchev–Trinajstić information content (AvgIpc) is 2.45. The van der Waals surface area contributed by atoms with Crippen LogP contribution in [0.25, 0.3) is 0 Å². The number of rotatable bonds is 6. The van der Waals surface area contributed by atoms with Crippen LogP contribution in [0.2, 0.25) is 0 Å². The first kappa shape index (κ1) is 20.4. The molecule has 2 atom stereocenters. The van der Waals surface area contributed by atoms with Crippen molar-refractivity contribution in [2.75, 3.05) is 0 Å². The molecule has 0 aliphatic heterocycles. The molecule has 6 nitrogen and oxygen atoms in total. The molecule has 1 aromatic rings. The highest BCUT2D eigenvalue weighted by atomic mass is 32.2. The lowest BCUT2D eigenvalue weighted by molar-refractivity contribution is -0.258. The number of carbonyl (C=O) groups excluding carboxylic acids is 1. The Labute approximate surface area is 137 Å². The van der Waals surface area contributed by atoms with Crippen LogP contribution in [0.1, 0.15) is 25.8 Å². The molecule has 0 aromatic heterocycles. The van der Waals surface area contributed by atoms with Crippen molar-refractivity contribution in [1.29, 1.82) is 0 Å². The minimum absolute atomic E-state index is 0.295. The lowest BCUT2D eigenvalue weighted by atomic mass is 9.96. The highest BCUT2D eigenvalue weighted by molar-refractivity contribution is 7.90. The summed E-state index contributed by atoms with van der Waals surface area (Å²) in [5.74, 6) is -1.66. The van der Waals surface area contributed by atoms with Crippen LogP contribution in [0.15, 0.2) is 29.2 Å². The van der Waals surface area contributed by atoms with Crippen molar-refractivity contribution >= 4 is 15.9 Å². The SMILES string of the molecule is CCCc1ccc(S(=O)(=O)NC(=O)C(N)C(C)(O)C(F)(F)F)cc1. The molecule has 0 spiro atoms. The van der Waals surface area contributed by atoms with E-state index in [2.05, 4.69) is 0 Å². The first-order chi connectivity index (χ1) is 10.8. The summed E-state index contributed by atoms with van der Waals surface area (Å²) in [6.45, 7) is 2.24. The number of carbonyl (C=O) groups is 1. The smallest absolute Gasteiger partial charge is 0.379 e. The zero-order valence-corrected chi connectivity index (χ0v) is 13.9. The molecular weight excluding hydrogens is 349 g/mol. The van der Waals surface area contributed by atoms with E-state index in [4.69, 9.17) is 5.73 Å². The monoisotopic (exact) mass is 368 g/mol. The Morgan fingerprint density at radius 1 is 1.29 bits per heavy atom. The Bertz CT molecular complexity index is 685. The molecule has 0 fully saturated rings. The number of aryl methyl sites for hydroxylation is 1. The van der Waals surface area contributed by atoms with Gasteiger partial charge < -0.3 is 10.8 Å². The fourth-order valence-corrected chi connectivity index (χ4v) is 2.81. The van der Waals surface area contributed by atoms with Crippen molar-refractivity contribution in [2.45, 2.75) is 49.4 Å². The van der Waals surface area contributed by atoms with E-state index in [1.165, 1.54) is 29.0 Å². The number of alkyl halides is 3. The predicted molar refractivity (Wildman–Crippen MR) is 80.4 cm³/mol. The zero-order chi connectivity index (χ0) is 18.8. The van der Waals surface area contributed by atoms with Crippen molar-refractivity contribution in [3.63, 3.8) is 0 Å². The Morgan fingerprint density at radius 3 is 2.21 bits per heavy atom. The van der Waals surface area contributed by atoms with Gasteiger partial charge in [-0.1, -0.05) is 25.5 Å². The van der Waals surface area contributed by atoms with Crippen molar-refractivity contribution in [3.8, 4) is 0 Å². The third-order valence-electron chi connectivity index (χ3n) is 3.47. The van der Waals surface area contributed by atoms with Gasteiger partial charge in [-0.05, 0) is 31.0 Å². The molecule has 0 aliphatic carbocycles. The van der Waals surface area contributed by atoms with Gasteiger partial charge in [0.25, 0.3) is 15.9 Å². The molecule has 1 amide bonds. The van der Waals surface area contributed by atoms with E-state index in [1.807, 2.05) is 6.92 Å². The molecule has 10 heteroatoms. The van der Waals surface area contributed by atoms with Crippen LogP contribution in [0.3, 0.4) is 0 Å². The number of hydrogen-bond acceptors (Lipinski definition) is 5. The molecular formula is C14H19F3N2O4S. The lowest BCUT2D eigenvalue weighted by Crippen LogP contribution is -2.62. The lowest BCUT2D eigenvalue weighted by Gasteiger charge is -2.30. The quantitative estimate of drug-likeness (QED) is 0.696. The van der Waals surface area contributed by atoms with Gasteiger partial charge in [-0.2, -0.15) is 13.2 Å². The van der Waals surface area contributed by atoms with E-state index in [0.29, 0.717) is 6.92 Å². The van der Waals surface area contributed by atoms with Crippen LogP contribution < -0.4 is 10.5 Å². The number of hydrogen-bond donors (Lipinski definition) is 3. The Balaban J connectivity index is 2.96. The maximum atomic E-state index is 12.7. The van der Waals surface area contributed by atoms with E-state index in [-0.39, 0.29) is 4.90 Å². The van der Waals surface area contributed by atoms with Crippen molar-refractivity contribution < 1.29 is 31.5 Å². The molecule has 4 N–H and O–H groups in total.